The summed E-state index contributed by atoms with van der Waals surface area (Å²) >= 11 is 1.73. The number of benzene rings is 1. The zero-order valence-corrected chi connectivity index (χ0v) is 12.0. The fraction of sp³-hybridized carbons (Fsp3) is 0.333. The van der Waals surface area contributed by atoms with Crippen LogP contribution in [-0.4, -0.2) is 0 Å². The third kappa shape index (κ3) is 2.80. The van der Waals surface area contributed by atoms with E-state index in [1.807, 2.05) is 0 Å². The Balaban J connectivity index is 2.30. The molecule has 0 amide bonds. The van der Waals surface area contributed by atoms with E-state index in [0.29, 0.717) is 0 Å². The Labute approximate surface area is 113 Å². The molecule has 0 spiro atoms. The smallest absolute Gasteiger partial charge is 0.0503 e. The Bertz CT molecular complexity index is 518. The van der Waals surface area contributed by atoms with E-state index in [2.05, 4.69) is 55.2 Å². The molecule has 0 radical (unpaired) electrons. The van der Waals surface area contributed by atoms with Crippen LogP contribution in [0.5, 0.6) is 0 Å². The van der Waals surface area contributed by atoms with Crippen molar-refractivity contribution in [3.63, 3.8) is 0 Å². The molecule has 0 saturated carbocycles. The molecule has 1 unspecified atom stereocenters. The van der Waals surface area contributed by atoms with Crippen molar-refractivity contribution < 1.29 is 0 Å². The molecule has 0 aliphatic heterocycles. The molecule has 3 heteroatoms. The lowest BCUT2D eigenvalue weighted by atomic mass is 9.93. The van der Waals surface area contributed by atoms with Crippen LogP contribution in [0.15, 0.2) is 29.0 Å². The molecular weight excluding hydrogens is 240 g/mol. The highest BCUT2D eigenvalue weighted by molar-refractivity contribution is 7.07. The second-order valence-corrected chi connectivity index (χ2v) is 5.63. The van der Waals surface area contributed by atoms with E-state index in [4.69, 9.17) is 5.84 Å². The summed E-state index contributed by atoms with van der Waals surface area (Å²) in [4.78, 5) is 0. The number of aryl methyl sites for hydroxylation is 3. The van der Waals surface area contributed by atoms with Gasteiger partial charge in [-0.05, 0) is 71.8 Å². The van der Waals surface area contributed by atoms with Gasteiger partial charge in [-0.25, -0.2) is 0 Å². The minimum absolute atomic E-state index is 0.180. The molecule has 2 nitrogen and oxygen atoms in total. The molecule has 96 valence electrons. The van der Waals surface area contributed by atoms with Crippen LogP contribution in [-0.2, 0) is 6.42 Å². The molecule has 0 bridgehead atoms. The maximum Gasteiger partial charge on any atom is 0.0503 e. The molecule has 2 aromatic rings. The molecule has 1 aromatic heterocycles. The van der Waals surface area contributed by atoms with Crippen LogP contribution in [0.1, 0.15) is 33.9 Å². The van der Waals surface area contributed by atoms with E-state index in [1.54, 1.807) is 11.3 Å². The second-order valence-electron chi connectivity index (χ2n) is 4.85. The van der Waals surface area contributed by atoms with E-state index in [1.165, 1.54) is 27.8 Å². The van der Waals surface area contributed by atoms with Crippen molar-refractivity contribution >= 4 is 11.3 Å². The number of rotatable bonds is 4. The summed E-state index contributed by atoms with van der Waals surface area (Å²) in [5.41, 5.74) is 9.54. The van der Waals surface area contributed by atoms with E-state index >= 15 is 0 Å². The topological polar surface area (TPSA) is 38.0 Å². The summed E-state index contributed by atoms with van der Waals surface area (Å²) in [7, 11) is 0. The average molecular weight is 260 g/mol. The van der Waals surface area contributed by atoms with Gasteiger partial charge in [-0.2, -0.15) is 11.3 Å². The first-order valence-electron chi connectivity index (χ1n) is 6.16. The Morgan fingerprint density at radius 3 is 2.50 bits per heavy atom. The van der Waals surface area contributed by atoms with Crippen molar-refractivity contribution in [1.29, 1.82) is 0 Å². The van der Waals surface area contributed by atoms with Crippen molar-refractivity contribution in [2.24, 2.45) is 5.84 Å². The summed E-state index contributed by atoms with van der Waals surface area (Å²) < 4.78 is 0. The molecule has 0 saturated heterocycles. The van der Waals surface area contributed by atoms with Gasteiger partial charge in [0.25, 0.3) is 0 Å². The van der Waals surface area contributed by atoms with Gasteiger partial charge >= 0.3 is 0 Å². The maximum atomic E-state index is 5.73. The first-order chi connectivity index (χ1) is 8.61. The van der Waals surface area contributed by atoms with Crippen LogP contribution in [0, 0.1) is 20.8 Å². The highest BCUT2D eigenvalue weighted by atomic mass is 32.1. The average Bonchev–Trinajstić information content (AvgIpc) is 2.84. The van der Waals surface area contributed by atoms with Crippen molar-refractivity contribution in [1.82, 2.24) is 5.43 Å². The minimum Gasteiger partial charge on any atom is -0.271 e. The quantitative estimate of drug-likeness (QED) is 0.653. The van der Waals surface area contributed by atoms with Gasteiger partial charge in [-0.1, -0.05) is 12.1 Å². The normalized spacial score (nSPS) is 12.7. The molecule has 0 aliphatic rings. The largest absolute Gasteiger partial charge is 0.271 e. The number of nitrogens with two attached hydrogens (primary N) is 1. The lowest BCUT2D eigenvalue weighted by Gasteiger charge is -2.19. The van der Waals surface area contributed by atoms with Crippen molar-refractivity contribution in [2.75, 3.05) is 0 Å². The van der Waals surface area contributed by atoms with E-state index < -0.39 is 0 Å². The van der Waals surface area contributed by atoms with Gasteiger partial charge in [0, 0.05) is 0 Å². The van der Waals surface area contributed by atoms with Crippen LogP contribution >= 0.6 is 11.3 Å². The van der Waals surface area contributed by atoms with Gasteiger partial charge < -0.3 is 0 Å². The van der Waals surface area contributed by atoms with Gasteiger partial charge in [0.1, 0.15) is 0 Å². The van der Waals surface area contributed by atoms with Gasteiger partial charge in [0.2, 0.25) is 0 Å². The predicted octanol–water partition coefficient (Wildman–Crippen LogP) is 3.42. The van der Waals surface area contributed by atoms with Crippen molar-refractivity contribution in [3.05, 3.63) is 56.8 Å². The Kier molecular flexibility index (Phi) is 4.17. The fourth-order valence-electron chi connectivity index (χ4n) is 2.26. The van der Waals surface area contributed by atoms with Crippen LogP contribution in [0.4, 0.5) is 0 Å². The Morgan fingerprint density at radius 1 is 1.17 bits per heavy atom. The Hall–Kier alpha value is -1.16. The third-order valence-corrected chi connectivity index (χ3v) is 4.21. The van der Waals surface area contributed by atoms with Crippen LogP contribution < -0.4 is 11.3 Å². The van der Waals surface area contributed by atoms with E-state index in [9.17, 15) is 0 Å². The molecule has 1 aromatic carbocycles. The number of thiophene rings is 1. The lowest BCUT2D eigenvalue weighted by Crippen LogP contribution is -2.30. The van der Waals surface area contributed by atoms with Gasteiger partial charge in [-0.3, -0.25) is 11.3 Å². The highest BCUT2D eigenvalue weighted by Gasteiger charge is 2.14. The van der Waals surface area contributed by atoms with Crippen LogP contribution in [0.2, 0.25) is 0 Å². The standard InChI is InChI=1S/C15H20N2S/c1-10-6-12(3)14(7-11(10)2)15(17-16)8-13-4-5-18-9-13/h4-7,9,15,17H,8,16H2,1-3H3. The second kappa shape index (κ2) is 5.65. The van der Waals surface area contributed by atoms with Gasteiger partial charge in [0.15, 0.2) is 0 Å². The number of hydrogen-bond donors (Lipinski definition) is 2. The summed E-state index contributed by atoms with van der Waals surface area (Å²) in [5, 5.41) is 4.29. The van der Waals surface area contributed by atoms with Gasteiger partial charge in [-0.15, -0.1) is 0 Å². The molecule has 0 fully saturated rings. The zero-order chi connectivity index (χ0) is 13.1. The SMILES string of the molecule is Cc1cc(C)c(C(Cc2ccsc2)NN)cc1C. The molecule has 3 N–H and O–H groups in total. The highest BCUT2D eigenvalue weighted by Crippen LogP contribution is 2.25. The predicted molar refractivity (Wildman–Crippen MR) is 78.7 cm³/mol. The number of hydrazine groups is 1. The van der Waals surface area contributed by atoms with E-state index in [-0.39, 0.29) is 6.04 Å². The van der Waals surface area contributed by atoms with Crippen LogP contribution in [0.25, 0.3) is 0 Å². The Morgan fingerprint density at radius 2 is 1.89 bits per heavy atom. The molecule has 1 heterocycles. The first kappa shape index (κ1) is 13.3. The maximum absolute atomic E-state index is 5.73. The lowest BCUT2D eigenvalue weighted by molar-refractivity contribution is 0.549. The van der Waals surface area contributed by atoms with Crippen molar-refractivity contribution in [2.45, 2.75) is 33.2 Å². The van der Waals surface area contributed by atoms with Crippen molar-refractivity contribution in [3.8, 4) is 0 Å². The third-order valence-electron chi connectivity index (χ3n) is 3.48. The summed E-state index contributed by atoms with van der Waals surface area (Å²) in [5.74, 6) is 5.73. The molecule has 18 heavy (non-hydrogen) atoms. The summed E-state index contributed by atoms with van der Waals surface area (Å²) in [6.45, 7) is 6.45. The molecule has 2 rings (SSSR count). The molecule has 1 atom stereocenters. The minimum atomic E-state index is 0.180. The van der Waals surface area contributed by atoms with Gasteiger partial charge in [0.05, 0.1) is 6.04 Å². The first-order valence-corrected chi connectivity index (χ1v) is 7.11. The molecular formula is C15H20N2S. The fourth-order valence-corrected chi connectivity index (χ4v) is 2.94. The monoisotopic (exact) mass is 260 g/mol. The number of hydrogen-bond acceptors (Lipinski definition) is 3. The summed E-state index contributed by atoms with van der Waals surface area (Å²) in [6, 6.07) is 6.83. The number of nitrogens with one attached hydrogen (secondary N) is 1. The summed E-state index contributed by atoms with van der Waals surface area (Å²) in [6.07, 6.45) is 0.934. The zero-order valence-electron chi connectivity index (χ0n) is 11.2. The van der Waals surface area contributed by atoms with E-state index in [0.717, 1.165) is 6.42 Å². The van der Waals surface area contributed by atoms with Crippen LogP contribution in [0.3, 0.4) is 0 Å². The molecule has 0 aliphatic carbocycles.